The normalized spacial score (nSPS) is 11.0. The molecule has 2 rings (SSSR count). The Hall–Kier alpha value is -1.62. The van der Waals surface area contributed by atoms with Crippen molar-refractivity contribution in [3.8, 4) is 0 Å². The Balaban J connectivity index is 1.90. The number of hydrogen-bond acceptors (Lipinski definition) is 4. The highest BCUT2D eigenvalue weighted by Gasteiger charge is 2.11. The summed E-state index contributed by atoms with van der Waals surface area (Å²) >= 11 is 1.61. The van der Waals surface area contributed by atoms with Crippen LogP contribution in [0, 0.1) is 5.92 Å². The molecule has 4 nitrogen and oxygen atoms in total. The molecule has 1 amide bonds. The fourth-order valence-electron chi connectivity index (χ4n) is 1.86. The summed E-state index contributed by atoms with van der Waals surface area (Å²) in [4.78, 5) is 18.3. The Kier molecular flexibility index (Phi) is 4.95. The van der Waals surface area contributed by atoms with Gasteiger partial charge in [-0.1, -0.05) is 37.3 Å². The molecule has 0 spiro atoms. The number of nitrogens with zero attached hydrogens (tertiary/aromatic N) is 2. The van der Waals surface area contributed by atoms with E-state index in [1.54, 1.807) is 11.3 Å². The number of hydrogen-bond donors (Lipinski definition) is 1. The Labute approximate surface area is 123 Å². The number of carbonyl (C=O) groups is 1. The zero-order valence-electron chi connectivity index (χ0n) is 12.2. The van der Waals surface area contributed by atoms with Gasteiger partial charge in [-0.15, -0.1) is 0 Å². The first-order chi connectivity index (χ1) is 9.56. The summed E-state index contributed by atoms with van der Waals surface area (Å²) in [5, 5.41) is 3.82. The third-order valence-electron chi connectivity index (χ3n) is 3.03. The van der Waals surface area contributed by atoms with Gasteiger partial charge in [0, 0.05) is 13.6 Å². The zero-order chi connectivity index (χ0) is 14.5. The van der Waals surface area contributed by atoms with E-state index < -0.39 is 0 Å². The molecule has 1 N–H and O–H groups in total. The molecular formula is C15H21N3OS. The van der Waals surface area contributed by atoms with Crippen LogP contribution < -0.4 is 10.2 Å². The molecule has 1 aromatic carbocycles. The number of amides is 1. The molecule has 5 heteroatoms. The van der Waals surface area contributed by atoms with Crippen LogP contribution in [0.5, 0.6) is 0 Å². The number of rotatable bonds is 6. The number of aromatic nitrogens is 1. The van der Waals surface area contributed by atoms with Crippen LogP contribution in [0.2, 0.25) is 0 Å². The smallest absolute Gasteiger partial charge is 0.239 e. The van der Waals surface area contributed by atoms with Crippen molar-refractivity contribution in [2.75, 3.05) is 25.0 Å². The molecule has 0 aliphatic rings. The van der Waals surface area contributed by atoms with Crippen molar-refractivity contribution in [1.82, 2.24) is 10.3 Å². The van der Waals surface area contributed by atoms with Crippen LogP contribution >= 0.6 is 11.3 Å². The molecule has 0 unspecified atom stereocenters. The lowest BCUT2D eigenvalue weighted by Gasteiger charge is -2.15. The van der Waals surface area contributed by atoms with E-state index in [2.05, 4.69) is 24.1 Å². The zero-order valence-corrected chi connectivity index (χ0v) is 13.0. The number of carbonyl (C=O) groups excluding carboxylic acids is 1. The van der Waals surface area contributed by atoms with Crippen molar-refractivity contribution in [2.24, 2.45) is 5.92 Å². The lowest BCUT2D eigenvalue weighted by Crippen LogP contribution is -2.35. The first-order valence-corrected chi connectivity index (χ1v) is 7.71. The van der Waals surface area contributed by atoms with E-state index in [0.717, 1.165) is 28.3 Å². The third kappa shape index (κ3) is 3.93. The van der Waals surface area contributed by atoms with E-state index in [0.29, 0.717) is 12.5 Å². The van der Waals surface area contributed by atoms with Gasteiger partial charge in [0.05, 0.1) is 16.8 Å². The molecular weight excluding hydrogens is 270 g/mol. The Morgan fingerprint density at radius 1 is 1.40 bits per heavy atom. The van der Waals surface area contributed by atoms with Crippen molar-refractivity contribution in [3.05, 3.63) is 24.3 Å². The Bertz CT molecular complexity index is 546. The first kappa shape index (κ1) is 14.8. The fourth-order valence-corrected chi connectivity index (χ4v) is 2.79. The molecule has 108 valence electrons. The summed E-state index contributed by atoms with van der Waals surface area (Å²) in [6.45, 7) is 5.39. The molecule has 0 atom stereocenters. The molecule has 0 fully saturated rings. The van der Waals surface area contributed by atoms with Gasteiger partial charge in [0.25, 0.3) is 0 Å². The van der Waals surface area contributed by atoms with Crippen molar-refractivity contribution in [1.29, 1.82) is 0 Å². The average Bonchev–Trinajstić information content (AvgIpc) is 2.82. The molecule has 0 bridgehead atoms. The van der Waals surface area contributed by atoms with Crippen molar-refractivity contribution in [3.63, 3.8) is 0 Å². The van der Waals surface area contributed by atoms with Crippen LogP contribution in [-0.2, 0) is 4.79 Å². The van der Waals surface area contributed by atoms with Gasteiger partial charge in [0.2, 0.25) is 5.91 Å². The van der Waals surface area contributed by atoms with Crippen LogP contribution in [0.15, 0.2) is 24.3 Å². The largest absolute Gasteiger partial charge is 0.355 e. The maximum atomic E-state index is 11.8. The molecule has 0 saturated carbocycles. The summed E-state index contributed by atoms with van der Waals surface area (Å²) in [7, 11) is 1.90. The summed E-state index contributed by atoms with van der Waals surface area (Å²) < 4.78 is 1.15. The first-order valence-electron chi connectivity index (χ1n) is 6.89. The van der Waals surface area contributed by atoms with Crippen molar-refractivity contribution < 1.29 is 4.79 Å². The van der Waals surface area contributed by atoms with E-state index in [1.807, 2.05) is 36.2 Å². The highest BCUT2D eigenvalue weighted by molar-refractivity contribution is 7.22. The molecule has 1 heterocycles. The third-order valence-corrected chi connectivity index (χ3v) is 4.18. The van der Waals surface area contributed by atoms with Gasteiger partial charge >= 0.3 is 0 Å². The van der Waals surface area contributed by atoms with Crippen molar-refractivity contribution in [2.45, 2.75) is 20.3 Å². The Morgan fingerprint density at radius 2 is 2.15 bits per heavy atom. The maximum Gasteiger partial charge on any atom is 0.239 e. The SMILES string of the molecule is CC(C)CCNC(=O)CN(C)c1nc2ccccc2s1. The number of benzene rings is 1. The molecule has 20 heavy (non-hydrogen) atoms. The minimum atomic E-state index is 0.0485. The highest BCUT2D eigenvalue weighted by Crippen LogP contribution is 2.27. The number of para-hydroxylation sites is 1. The number of anilines is 1. The topological polar surface area (TPSA) is 45.2 Å². The van der Waals surface area contributed by atoms with Gasteiger partial charge in [-0.2, -0.15) is 0 Å². The second kappa shape index (κ2) is 6.70. The van der Waals surface area contributed by atoms with Gasteiger partial charge < -0.3 is 10.2 Å². The summed E-state index contributed by atoms with van der Waals surface area (Å²) in [6.07, 6.45) is 1.01. The van der Waals surface area contributed by atoms with E-state index in [1.165, 1.54) is 0 Å². The summed E-state index contributed by atoms with van der Waals surface area (Å²) in [5.41, 5.74) is 0.986. The second-order valence-corrected chi connectivity index (χ2v) is 6.36. The standard InChI is InChI=1S/C15H21N3OS/c1-11(2)8-9-16-14(19)10-18(3)15-17-12-6-4-5-7-13(12)20-15/h4-7,11H,8-10H2,1-3H3,(H,16,19). The maximum absolute atomic E-state index is 11.8. The number of nitrogens with one attached hydrogen (secondary N) is 1. The Morgan fingerprint density at radius 3 is 2.85 bits per heavy atom. The van der Waals surface area contributed by atoms with Crippen LogP contribution in [0.25, 0.3) is 10.2 Å². The quantitative estimate of drug-likeness (QED) is 0.890. The predicted molar refractivity (Wildman–Crippen MR) is 85.4 cm³/mol. The number of thiazole rings is 1. The summed E-state index contributed by atoms with van der Waals surface area (Å²) in [6, 6.07) is 8.02. The average molecular weight is 291 g/mol. The predicted octanol–water partition coefficient (Wildman–Crippen LogP) is 2.89. The monoisotopic (exact) mass is 291 g/mol. The lowest BCUT2D eigenvalue weighted by atomic mass is 10.1. The summed E-state index contributed by atoms with van der Waals surface area (Å²) in [5.74, 6) is 0.657. The van der Waals surface area contributed by atoms with Gasteiger partial charge in [-0.3, -0.25) is 4.79 Å². The van der Waals surface area contributed by atoms with Crippen LogP contribution in [0.4, 0.5) is 5.13 Å². The molecule has 0 radical (unpaired) electrons. The van der Waals surface area contributed by atoms with E-state index in [4.69, 9.17) is 0 Å². The van der Waals surface area contributed by atoms with Gasteiger partial charge in [-0.05, 0) is 24.5 Å². The van der Waals surface area contributed by atoms with Gasteiger partial charge in [0.15, 0.2) is 5.13 Å². The molecule has 0 aliphatic carbocycles. The molecule has 1 aromatic heterocycles. The van der Waals surface area contributed by atoms with Crippen LogP contribution in [0.3, 0.4) is 0 Å². The van der Waals surface area contributed by atoms with E-state index in [9.17, 15) is 4.79 Å². The van der Waals surface area contributed by atoms with Gasteiger partial charge in [-0.25, -0.2) is 4.98 Å². The number of fused-ring (bicyclic) bond motifs is 1. The van der Waals surface area contributed by atoms with E-state index in [-0.39, 0.29) is 5.91 Å². The minimum Gasteiger partial charge on any atom is -0.355 e. The molecule has 2 aromatic rings. The molecule has 0 aliphatic heterocycles. The van der Waals surface area contributed by atoms with E-state index >= 15 is 0 Å². The minimum absolute atomic E-state index is 0.0485. The fraction of sp³-hybridized carbons (Fsp3) is 0.467. The van der Waals surface area contributed by atoms with Crippen LogP contribution in [-0.4, -0.2) is 31.0 Å². The lowest BCUT2D eigenvalue weighted by molar-refractivity contribution is -0.119. The second-order valence-electron chi connectivity index (χ2n) is 5.35. The van der Waals surface area contributed by atoms with Crippen LogP contribution in [0.1, 0.15) is 20.3 Å². The molecule has 0 saturated heterocycles. The van der Waals surface area contributed by atoms with Crippen molar-refractivity contribution >= 4 is 32.6 Å². The highest BCUT2D eigenvalue weighted by atomic mass is 32.1. The van der Waals surface area contributed by atoms with Gasteiger partial charge in [0.1, 0.15) is 0 Å². The number of likely N-dealkylation sites (N-methyl/N-ethyl adjacent to an activating group) is 1.